The van der Waals surface area contributed by atoms with Gasteiger partial charge in [0, 0.05) is 31.5 Å². The standard InChI is InChI=1S/C21H28N4O5/c1-4-14(2)30-17-7-5-15(13-18(17)28-3)20-22-21(27)16(23-24-20)6-8-19(26)25-9-11-29-12-10-25/h5,7,13-14H,4,6,8-12H2,1-3H3,(H,22,24,27). The van der Waals surface area contributed by atoms with E-state index in [1.807, 2.05) is 13.8 Å². The molecular formula is C21H28N4O5. The summed E-state index contributed by atoms with van der Waals surface area (Å²) in [5.74, 6) is 1.50. The van der Waals surface area contributed by atoms with E-state index in [1.165, 1.54) is 0 Å². The number of methoxy groups -OCH3 is 1. The summed E-state index contributed by atoms with van der Waals surface area (Å²) in [7, 11) is 1.56. The lowest BCUT2D eigenvalue weighted by Gasteiger charge is -2.26. The maximum absolute atomic E-state index is 12.4. The summed E-state index contributed by atoms with van der Waals surface area (Å²) in [6, 6.07) is 5.33. The van der Waals surface area contributed by atoms with Crippen LogP contribution in [-0.4, -0.2) is 65.5 Å². The molecule has 1 fully saturated rings. The van der Waals surface area contributed by atoms with Gasteiger partial charge in [0.15, 0.2) is 17.3 Å². The van der Waals surface area contributed by atoms with E-state index in [4.69, 9.17) is 14.2 Å². The molecule has 1 aliphatic rings. The van der Waals surface area contributed by atoms with Crippen LogP contribution in [0.15, 0.2) is 23.0 Å². The molecule has 1 amide bonds. The molecule has 162 valence electrons. The zero-order chi connectivity index (χ0) is 21.5. The second-order valence-electron chi connectivity index (χ2n) is 7.14. The Morgan fingerprint density at radius 3 is 2.70 bits per heavy atom. The SMILES string of the molecule is CCC(C)Oc1ccc(-c2nnc(CCC(=O)N3CCOCC3)c(=O)[nH]2)cc1OC. The minimum atomic E-state index is -0.353. The third-order valence-electron chi connectivity index (χ3n) is 5.04. The molecule has 0 radical (unpaired) electrons. The number of hydrogen-bond donors (Lipinski definition) is 1. The lowest BCUT2D eigenvalue weighted by Crippen LogP contribution is -2.41. The minimum absolute atomic E-state index is 0.00907. The number of rotatable bonds is 8. The van der Waals surface area contributed by atoms with Gasteiger partial charge in [-0.25, -0.2) is 0 Å². The summed E-state index contributed by atoms with van der Waals surface area (Å²) in [6.45, 7) is 6.29. The normalized spacial score (nSPS) is 15.0. The smallest absolute Gasteiger partial charge is 0.273 e. The van der Waals surface area contributed by atoms with Crippen LogP contribution in [0.2, 0.25) is 0 Å². The fraction of sp³-hybridized carbons (Fsp3) is 0.524. The predicted molar refractivity (Wildman–Crippen MR) is 111 cm³/mol. The van der Waals surface area contributed by atoms with Crippen LogP contribution in [0.5, 0.6) is 11.5 Å². The Hall–Kier alpha value is -2.94. The number of aromatic nitrogens is 3. The van der Waals surface area contributed by atoms with Crippen molar-refractivity contribution in [2.45, 2.75) is 39.2 Å². The van der Waals surface area contributed by atoms with E-state index in [9.17, 15) is 9.59 Å². The molecule has 9 heteroatoms. The molecule has 0 spiro atoms. The first-order valence-corrected chi connectivity index (χ1v) is 10.2. The van der Waals surface area contributed by atoms with Crippen molar-refractivity contribution in [2.75, 3.05) is 33.4 Å². The Balaban J connectivity index is 1.70. The van der Waals surface area contributed by atoms with Crippen molar-refractivity contribution in [1.29, 1.82) is 0 Å². The maximum atomic E-state index is 12.4. The number of nitrogens with zero attached hydrogens (tertiary/aromatic N) is 3. The van der Waals surface area contributed by atoms with Crippen molar-refractivity contribution in [2.24, 2.45) is 0 Å². The fourth-order valence-corrected chi connectivity index (χ4v) is 3.06. The van der Waals surface area contributed by atoms with Gasteiger partial charge < -0.3 is 24.1 Å². The van der Waals surface area contributed by atoms with Gasteiger partial charge >= 0.3 is 0 Å². The molecule has 1 atom stereocenters. The van der Waals surface area contributed by atoms with Crippen molar-refractivity contribution < 1.29 is 19.0 Å². The van der Waals surface area contributed by atoms with Gasteiger partial charge in [-0.3, -0.25) is 9.59 Å². The molecule has 1 aliphatic heterocycles. The van der Waals surface area contributed by atoms with Gasteiger partial charge in [0.05, 0.1) is 26.4 Å². The van der Waals surface area contributed by atoms with Gasteiger partial charge in [-0.05, 0) is 31.5 Å². The van der Waals surface area contributed by atoms with Gasteiger partial charge in [-0.1, -0.05) is 6.92 Å². The van der Waals surface area contributed by atoms with Gasteiger partial charge in [-0.15, -0.1) is 10.2 Å². The van der Waals surface area contributed by atoms with E-state index in [-0.39, 0.29) is 36.1 Å². The highest BCUT2D eigenvalue weighted by Gasteiger charge is 2.18. The summed E-state index contributed by atoms with van der Waals surface area (Å²) in [6.07, 6.45) is 1.39. The molecule has 0 saturated carbocycles. The van der Waals surface area contributed by atoms with E-state index >= 15 is 0 Å². The number of H-pyrrole nitrogens is 1. The first-order valence-electron chi connectivity index (χ1n) is 10.2. The Kier molecular flexibility index (Phi) is 7.40. The van der Waals surface area contributed by atoms with Gasteiger partial charge in [0.1, 0.15) is 5.69 Å². The monoisotopic (exact) mass is 416 g/mol. The molecule has 2 heterocycles. The number of benzene rings is 1. The second kappa shape index (κ2) is 10.2. The van der Waals surface area contributed by atoms with Crippen LogP contribution in [0.25, 0.3) is 11.4 Å². The van der Waals surface area contributed by atoms with Crippen LogP contribution in [0.3, 0.4) is 0 Å². The number of carbonyl (C=O) groups excluding carboxylic acids is 1. The van der Waals surface area contributed by atoms with Crippen LogP contribution in [0, 0.1) is 0 Å². The number of morpholine rings is 1. The van der Waals surface area contributed by atoms with Crippen LogP contribution < -0.4 is 15.0 Å². The predicted octanol–water partition coefficient (Wildman–Crippen LogP) is 1.81. The Morgan fingerprint density at radius 2 is 2.03 bits per heavy atom. The van der Waals surface area contributed by atoms with Crippen molar-refractivity contribution in [1.82, 2.24) is 20.1 Å². The van der Waals surface area contributed by atoms with E-state index in [0.29, 0.717) is 49.2 Å². The Labute approximate surface area is 175 Å². The number of aryl methyl sites for hydroxylation is 1. The topological polar surface area (TPSA) is 107 Å². The number of nitrogens with one attached hydrogen (secondary N) is 1. The van der Waals surface area contributed by atoms with Crippen molar-refractivity contribution >= 4 is 5.91 Å². The zero-order valence-corrected chi connectivity index (χ0v) is 17.6. The molecule has 1 saturated heterocycles. The molecule has 1 N–H and O–H groups in total. The van der Waals surface area contributed by atoms with Crippen molar-refractivity contribution in [3.8, 4) is 22.9 Å². The molecule has 1 unspecified atom stereocenters. The molecule has 30 heavy (non-hydrogen) atoms. The van der Waals surface area contributed by atoms with Gasteiger partial charge in [0.2, 0.25) is 5.91 Å². The largest absolute Gasteiger partial charge is 0.493 e. The Bertz CT molecular complexity index is 924. The molecule has 9 nitrogen and oxygen atoms in total. The second-order valence-corrected chi connectivity index (χ2v) is 7.14. The summed E-state index contributed by atoms with van der Waals surface area (Å²) < 4.78 is 16.5. The third kappa shape index (κ3) is 5.35. The molecule has 2 aromatic rings. The fourth-order valence-electron chi connectivity index (χ4n) is 3.06. The quantitative estimate of drug-likeness (QED) is 0.699. The number of carbonyl (C=O) groups is 1. The summed E-state index contributed by atoms with van der Waals surface area (Å²) in [4.78, 5) is 29.2. The van der Waals surface area contributed by atoms with Crippen LogP contribution >= 0.6 is 0 Å². The zero-order valence-electron chi connectivity index (χ0n) is 17.6. The highest BCUT2D eigenvalue weighted by Crippen LogP contribution is 2.32. The molecule has 1 aromatic heterocycles. The van der Waals surface area contributed by atoms with E-state index in [2.05, 4.69) is 15.2 Å². The molecule has 1 aromatic carbocycles. The summed E-state index contributed by atoms with van der Waals surface area (Å²) >= 11 is 0. The average molecular weight is 416 g/mol. The number of aromatic amines is 1. The highest BCUT2D eigenvalue weighted by atomic mass is 16.5. The highest BCUT2D eigenvalue weighted by molar-refractivity contribution is 5.76. The van der Waals surface area contributed by atoms with E-state index in [0.717, 1.165) is 6.42 Å². The number of ether oxygens (including phenoxy) is 3. The minimum Gasteiger partial charge on any atom is -0.493 e. The Morgan fingerprint density at radius 1 is 1.27 bits per heavy atom. The molecular weight excluding hydrogens is 388 g/mol. The summed E-state index contributed by atoms with van der Waals surface area (Å²) in [5.41, 5.74) is 0.543. The number of amides is 1. The molecule has 0 aliphatic carbocycles. The van der Waals surface area contributed by atoms with Crippen LogP contribution in [0.1, 0.15) is 32.4 Å². The number of hydrogen-bond acceptors (Lipinski definition) is 7. The molecule has 0 bridgehead atoms. The van der Waals surface area contributed by atoms with Crippen LogP contribution in [-0.2, 0) is 16.0 Å². The first kappa shape index (κ1) is 21.8. The van der Waals surface area contributed by atoms with Crippen molar-refractivity contribution in [3.05, 3.63) is 34.2 Å². The molecule has 3 rings (SSSR count). The third-order valence-corrected chi connectivity index (χ3v) is 5.04. The maximum Gasteiger partial charge on any atom is 0.273 e. The first-order chi connectivity index (χ1) is 14.5. The van der Waals surface area contributed by atoms with Crippen LogP contribution in [0.4, 0.5) is 0 Å². The van der Waals surface area contributed by atoms with E-state index < -0.39 is 0 Å². The summed E-state index contributed by atoms with van der Waals surface area (Å²) in [5, 5.41) is 8.19. The van der Waals surface area contributed by atoms with Gasteiger partial charge in [0.25, 0.3) is 5.56 Å². The lowest BCUT2D eigenvalue weighted by atomic mass is 10.1. The van der Waals surface area contributed by atoms with Gasteiger partial charge in [-0.2, -0.15) is 0 Å². The average Bonchev–Trinajstić information content (AvgIpc) is 2.78. The van der Waals surface area contributed by atoms with E-state index in [1.54, 1.807) is 30.2 Å². The lowest BCUT2D eigenvalue weighted by molar-refractivity contribution is -0.135. The van der Waals surface area contributed by atoms with Crippen molar-refractivity contribution in [3.63, 3.8) is 0 Å².